The Morgan fingerprint density at radius 2 is 2.13 bits per heavy atom. The lowest BCUT2D eigenvalue weighted by Gasteiger charge is -2.12. The molecule has 0 aliphatic heterocycles. The molecule has 2 aromatic carbocycles. The van der Waals surface area contributed by atoms with Gasteiger partial charge in [0.2, 0.25) is 5.91 Å². The van der Waals surface area contributed by atoms with Crippen LogP contribution in [0.15, 0.2) is 64.4 Å². The van der Waals surface area contributed by atoms with E-state index in [2.05, 4.69) is 31.6 Å². The van der Waals surface area contributed by atoms with Crippen molar-refractivity contribution in [2.45, 2.75) is 19.6 Å². The number of para-hydroxylation sites is 1. The molecule has 0 radical (unpaired) electrons. The number of amides is 1. The Balaban J connectivity index is 1.57. The number of aryl methyl sites for hydroxylation is 1. The van der Waals surface area contributed by atoms with Crippen LogP contribution in [0.1, 0.15) is 17.5 Å². The molecule has 0 spiro atoms. The summed E-state index contributed by atoms with van der Waals surface area (Å²) in [7, 11) is 1.61. The maximum absolute atomic E-state index is 11.9. The number of rotatable bonds is 9. The average molecular weight is 492 g/mol. The highest BCUT2D eigenvalue weighted by molar-refractivity contribution is 9.10. The van der Waals surface area contributed by atoms with Crippen LogP contribution in [-0.4, -0.2) is 29.0 Å². The van der Waals surface area contributed by atoms with Crippen LogP contribution in [0.4, 0.5) is 0 Å². The molecule has 0 atom stereocenters. The third-order valence-corrected chi connectivity index (χ3v) is 4.95. The van der Waals surface area contributed by atoms with Gasteiger partial charge in [-0.15, -0.1) is 0 Å². The van der Waals surface area contributed by atoms with Crippen molar-refractivity contribution in [3.8, 4) is 11.5 Å². The van der Waals surface area contributed by atoms with E-state index in [1.54, 1.807) is 24.2 Å². The number of benzene rings is 2. The second-order valence-corrected chi connectivity index (χ2v) is 7.55. The average Bonchev–Trinajstić information content (AvgIpc) is 3.17. The zero-order valence-electron chi connectivity index (χ0n) is 16.2. The Kier molecular flexibility index (Phi) is 7.87. The number of nitrogens with zero attached hydrogens (tertiary/aromatic N) is 3. The van der Waals surface area contributed by atoms with Gasteiger partial charge in [-0.25, -0.2) is 5.43 Å². The molecule has 156 valence electrons. The van der Waals surface area contributed by atoms with Crippen LogP contribution in [0.2, 0.25) is 5.02 Å². The van der Waals surface area contributed by atoms with Crippen molar-refractivity contribution in [3.63, 3.8) is 0 Å². The molecule has 0 unspecified atom stereocenters. The standard InChI is InChI=1S/C21H20BrClN4O3/c1-29-19-7-6-15(10-16(19)14-30-20-5-3-2-4-18(20)22)11-24-26-21(28)8-9-27-13-17(23)12-25-27/h2-7,10-13H,8-9,14H2,1H3,(H,26,28). The van der Waals surface area contributed by atoms with Crippen molar-refractivity contribution in [2.75, 3.05) is 7.11 Å². The number of methoxy groups -OCH3 is 1. The Morgan fingerprint density at radius 1 is 1.30 bits per heavy atom. The SMILES string of the molecule is COc1ccc(C=NNC(=O)CCn2cc(Cl)cn2)cc1COc1ccccc1Br. The minimum Gasteiger partial charge on any atom is -0.496 e. The highest BCUT2D eigenvalue weighted by Crippen LogP contribution is 2.27. The molecule has 3 rings (SSSR count). The number of hydrogen-bond acceptors (Lipinski definition) is 5. The van der Waals surface area contributed by atoms with E-state index in [4.69, 9.17) is 21.1 Å². The molecule has 1 heterocycles. The molecule has 3 aromatic rings. The Bertz CT molecular complexity index is 1040. The lowest BCUT2D eigenvalue weighted by Crippen LogP contribution is -2.19. The van der Waals surface area contributed by atoms with Crippen molar-refractivity contribution >= 4 is 39.7 Å². The van der Waals surface area contributed by atoms with Gasteiger partial charge in [0.1, 0.15) is 18.1 Å². The van der Waals surface area contributed by atoms with Crippen LogP contribution in [0, 0.1) is 0 Å². The smallest absolute Gasteiger partial charge is 0.241 e. The lowest BCUT2D eigenvalue weighted by atomic mass is 10.1. The van der Waals surface area contributed by atoms with Crippen LogP contribution >= 0.6 is 27.5 Å². The molecule has 0 aliphatic rings. The van der Waals surface area contributed by atoms with Gasteiger partial charge in [-0.05, 0) is 51.8 Å². The fraction of sp³-hybridized carbons (Fsp3) is 0.190. The molecular formula is C21H20BrClN4O3. The second kappa shape index (κ2) is 10.8. The number of carbonyl (C=O) groups is 1. The molecule has 1 N–H and O–H groups in total. The first kappa shape index (κ1) is 21.9. The molecular weight excluding hydrogens is 472 g/mol. The molecule has 0 saturated heterocycles. The van der Waals surface area contributed by atoms with Gasteiger partial charge in [0.15, 0.2) is 0 Å². The first-order valence-corrected chi connectivity index (χ1v) is 10.3. The summed E-state index contributed by atoms with van der Waals surface area (Å²) in [4.78, 5) is 11.9. The zero-order valence-corrected chi connectivity index (χ0v) is 18.6. The Hall–Kier alpha value is -2.84. The summed E-state index contributed by atoms with van der Waals surface area (Å²) in [5.41, 5.74) is 4.18. The largest absolute Gasteiger partial charge is 0.496 e. The van der Waals surface area contributed by atoms with Gasteiger partial charge in [-0.1, -0.05) is 23.7 Å². The fourth-order valence-electron chi connectivity index (χ4n) is 2.62. The van der Waals surface area contributed by atoms with E-state index in [1.165, 1.54) is 6.20 Å². The number of carbonyl (C=O) groups excluding carboxylic acids is 1. The Labute approximate surface area is 187 Å². The monoisotopic (exact) mass is 490 g/mol. The molecule has 7 nitrogen and oxygen atoms in total. The molecule has 1 amide bonds. The highest BCUT2D eigenvalue weighted by Gasteiger charge is 2.07. The normalized spacial score (nSPS) is 10.9. The quantitative estimate of drug-likeness (QED) is 0.355. The maximum atomic E-state index is 11.9. The van der Waals surface area contributed by atoms with Crippen LogP contribution in [0.5, 0.6) is 11.5 Å². The zero-order chi connectivity index (χ0) is 21.3. The second-order valence-electron chi connectivity index (χ2n) is 6.26. The Morgan fingerprint density at radius 3 is 2.87 bits per heavy atom. The van der Waals surface area contributed by atoms with E-state index in [0.29, 0.717) is 23.9 Å². The van der Waals surface area contributed by atoms with Crippen molar-refractivity contribution in [3.05, 3.63) is 75.5 Å². The van der Waals surface area contributed by atoms with E-state index in [9.17, 15) is 4.79 Å². The number of ether oxygens (including phenoxy) is 2. The lowest BCUT2D eigenvalue weighted by molar-refractivity contribution is -0.121. The summed E-state index contributed by atoms with van der Waals surface area (Å²) in [5.74, 6) is 1.23. The molecule has 0 fully saturated rings. The molecule has 9 heteroatoms. The summed E-state index contributed by atoms with van der Waals surface area (Å²) in [6.07, 6.45) is 5.00. The number of halogens is 2. The number of hydrazone groups is 1. The number of aromatic nitrogens is 2. The van der Waals surface area contributed by atoms with E-state index in [0.717, 1.165) is 21.3 Å². The fourth-order valence-corrected chi connectivity index (χ4v) is 3.18. The van der Waals surface area contributed by atoms with Gasteiger partial charge in [-0.2, -0.15) is 10.2 Å². The van der Waals surface area contributed by atoms with Gasteiger partial charge >= 0.3 is 0 Å². The van der Waals surface area contributed by atoms with Crippen molar-refractivity contribution in [1.82, 2.24) is 15.2 Å². The number of hydrogen-bond donors (Lipinski definition) is 1. The summed E-state index contributed by atoms with van der Waals surface area (Å²) in [6, 6.07) is 13.2. The highest BCUT2D eigenvalue weighted by atomic mass is 79.9. The van der Waals surface area contributed by atoms with Crippen LogP contribution in [0.25, 0.3) is 0 Å². The predicted octanol–water partition coefficient (Wildman–Crippen LogP) is 4.43. The molecule has 30 heavy (non-hydrogen) atoms. The number of nitrogens with one attached hydrogen (secondary N) is 1. The van der Waals surface area contributed by atoms with Crippen molar-refractivity contribution < 1.29 is 14.3 Å². The maximum Gasteiger partial charge on any atom is 0.241 e. The molecule has 0 saturated carbocycles. The predicted molar refractivity (Wildman–Crippen MR) is 119 cm³/mol. The molecule has 0 bridgehead atoms. The van der Waals surface area contributed by atoms with E-state index in [1.807, 2.05) is 42.5 Å². The van der Waals surface area contributed by atoms with Crippen LogP contribution in [-0.2, 0) is 17.9 Å². The first-order valence-electron chi connectivity index (χ1n) is 9.09. The van der Waals surface area contributed by atoms with Crippen molar-refractivity contribution in [1.29, 1.82) is 0 Å². The van der Waals surface area contributed by atoms with E-state index >= 15 is 0 Å². The van der Waals surface area contributed by atoms with Crippen molar-refractivity contribution in [2.24, 2.45) is 5.10 Å². The third-order valence-electron chi connectivity index (χ3n) is 4.10. The van der Waals surface area contributed by atoms with Gasteiger partial charge in [-0.3, -0.25) is 9.48 Å². The van der Waals surface area contributed by atoms with Gasteiger partial charge < -0.3 is 9.47 Å². The van der Waals surface area contributed by atoms with Crippen LogP contribution in [0.3, 0.4) is 0 Å². The van der Waals surface area contributed by atoms with Gasteiger partial charge in [0, 0.05) is 24.7 Å². The summed E-state index contributed by atoms with van der Waals surface area (Å²) in [6.45, 7) is 0.749. The minimum atomic E-state index is -0.219. The van der Waals surface area contributed by atoms with Gasteiger partial charge in [0.05, 0.1) is 29.0 Å². The topological polar surface area (TPSA) is 77.7 Å². The minimum absolute atomic E-state index is 0.219. The van der Waals surface area contributed by atoms with E-state index in [-0.39, 0.29) is 12.3 Å². The molecule has 1 aromatic heterocycles. The summed E-state index contributed by atoms with van der Waals surface area (Å²) < 4.78 is 13.8. The molecule has 0 aliphatic carbocycles. The third kappa shape index (κ3) is 6.33. The van der Waals surface area contributed by atoms with Gasteiger partial charge in [0.25, 0.3) is 0 Å². The summed E-state index contributed by atoms with van der Waals surface area (Å²) >= 11 is 9.27. The van der Waals surface area contributed by atoms with Crippen LogP contribution < -0.4 is 14.9 Å². The van der Waals surface area contributed by atoms with E-state index < -0.39 is 0 Å². The first-order chi connectivity index (χ1) is 14.5. The summed E-state index contributed by atoms with van der Waals surface area (Å²) in [5, 5.41) is 8.58.